The highest BCUT2D eigenvalue weighted by Crippen LogP contribution is 2.22. The van der Waals surface area contributed by atoms with Gasteiger partial charge < -0.3 is 9.64 Å². The SMILES string of the molecule is CC(C)(C)OC(=O)N1CCN(CCc2cc(Br)ccc2Cl)CC1. The number of halogens is 2. The topological polar surface area (TPSA) is 32.8 Å². The van der Waals surface area contributed by atoms with Gasteiger partial charge in [-0.2, -0.15) is 0 Å². The van der Waals surface area contributed by atoms with Crippen LogP contribution in [0.15, 0.2) is 22.7 Å². The zero-order chi connectivity index (χ0) is 17.0. The molecule has 0 atom stereocenters. The van der Waals surface area contributed by atoms with Crippen molar-refractivity contribution in [2.24, 2.45) is 0 Å². The molecule has 0 bridgehead atoms. The molecule has 0 unspecified atom stereocenters. The lowest BCUT2D eigenvalue weighted by atomic mass is 10.1. The van der Waals surface area contributed by atoms with E-state index in [0.29, 0.717) is 13.1 Å². The van der Waals surface area contributed by atoms with Gasteiger partial charge in [-0.15, -0.1) is 0 Å². The zero-order valence-electron chi connectivity index (χ0n) is 13.9. The number of carbonyl (C=O) groups excluding carboxylic acids is 1. The Labute approximate surface area is 151 Å². The quantitative estimate of drug-likeness (QED) is 0.758. The Morgan fingerprint density at radius 1 is 1.26 bits per heavy atom. The van der Waals surface area contributed by atoms with Crippen LogP contribution in [0, 0.1) is 0 Å². The highest BCUT2D eigenvalue weighted by atomic mass is 79.9. The highest BCUT2D eigenvalue weighted by Gasteiger charge is 2.25. The fourth-order valence-corrected chi connectivity index (χ4v) is 3.11. The maximum atomic E-state index is 12.0. The summed E-state index contributed by atoms with van der Waals surface area (Å²) in [4.78, 5) is 16.2. The lowest BCUT2D eigenvalue weighted by Crippen LogP contribution is -2.50. The molecule has 1 aromatic carbocycles. The summed E-state index contributed by atoms with van der Waals surface area (Å²) in [7, 11) is 0. The summed E-state index contributed by atoms with van der Waals surface area (Å²) in [6, 6.07) is 5.94. The average molecular weight is 404 g/mol. The van der Waals surface area contributed by atoms with Crippen LogP contribution in [-0.4, -0.2) is 54.2 Å². The van der Waals surface area contributed by atoms with Crippen LogP contribution in [0.5, 0.6) is 0 Å². The molecule has 0 aliphatic carbocycles. The number of hydrogen-bond donors (Lipinski definition) is 0. The van der Waals surface area contributed by atoms with Crippen LogP contribution in [0.3, 0.4) is 0 Å². The van der Waals surface area contributed by atoms with Gasteiger partial charge in [0.15, 0.2) is 0 Å². The fraction of sp³-hybridized carbons (Fsp3) is 0.588. The van der Waals surface area contributed by atoms with Crippen LogP contribution in [0.1, 0.15) is 26.3 Å². The van der Waals surface area contributed by atoms with Gasteiger partial charge in [0, 0.05) is 42.2 Å². The van der Waals surface area contributed by atoms with E-state index in [1.54, 1.807) is 4.90 Å². The Bertz CT molecular complexity index is 552. The van der Waals surface area contributed by atoms with Crippen LogP contribution < -0.4 is 0 Å². The highest BCUT2D eigenvalue weighted by molar-refractivity contribution is 9.10. The molecule has 2 rings (SSSR count). The smallest absolute Gasteiger partial charge is 0.410 e. The van der Waals surface area contributed by atoms with Crippen LogP contribution >= 0.6 is 27.5 Å². The molecule has 1 aromatic rings. The second-order valence-corrected chi connectivity index (χ2v) is 8.12. The number of amides is 1. The lowest BCUT2D eigenvalue weighted by molar-refractivity contribution is 0.0146. The summed E-state index contributed by atoms with van der Waals surface area (Å²) in [5, 5.41) is 0.806. The molecular formula is C17H24BrClN2O2. The van der Waals surface area contributed by atoms with E-state index in [9.17, 15) is 4.79 Å². The molecular weight excluding hydrogens is 380 g/mol. The van der Waals surface area contributed by atoms with E-state index < -0.39 is 5.60 Å². The van der Waals surface area contributed by atoms with Crippen molar-refractivity contribution in [1.82, 2.24) is 9.80 Å². The third-order valence-electron chi connectivity index (χ3n) is 3.73. The van der Waals surface area contributed by atoms with Gasteiger partial charge in [0.25, 0.3) is 0 Å². The van der Waals surface area contributed by atoms with Crippen molar-refractivity contribution in [3.05, 3.63) is 33.3 Å². The van der Waals surface area contributed by atoms with Gasteiger partial charge in [0.2, 0.25) is 0 Å². The van der Waals surface area contributed by atoms with Crippen molar-refractivity contribution in [1.29, 1.82) is 0 Å². The summed E-state index contributed by atoms with van der Waals surface area (Å²) < 4.78 is 6.46. The number of carbonyl (C=O) groups is 1. The number of ether oxygens (including phenoxy) is 1. The summed E-state index contributed by atoms with van der Waals surface area (Å²) in [5.41, 5.74) is 0.710. The molecule has 0 N–H and O–H groups in total. The van der Waals surface area contributed by atoms with Gasteiger partial charge in [-0.05, 0) is 51.0 Å². The second-order valence-electron chi connectivity index (χ2n) is 6.79. The van der Waals surface area contributed by atoms with E-state index in [-0.39, 0.29) is 6.09 Å². The molecule has 1 heterocycles. The second kappa shape index (κ2) is 7.86. The van der Waals surface area contributed by atoms with Crippen LogP contribution in [0.4, 0.5) is 4.79 Å². The molecule has 23 heavy (non-hydrogen) atoms. The normalized spacial score (nSPS) is 16.5. The van der Waals surface area contributed by atoms with Crippen LogP contribution in [0.25, 0.3) is 0 Å². The molecule has 0 radical (unpaired) electrons. The first-order valence-electron chi connectivity index (χ1n) is 7.89. The maximum Gasteiger partial charge on any atom is 0.410 e. The molecule has 1 amide bonds. The Hall–Kier alpha value is -0.780. The molecule has 6 heteroatoms. The van der Waals surface area contributed by atoms with E-state index >= 15 is 0 Å². The monoisotopic (exact) mass is 402 g/mol. The number of piperazine rings is 1. The van der Waals surface area contributed by atoms with E-state index in [4.69, 9.17) is 16.3 Å². The first-order valence-corrected chi connectivity index (χ1v) is 9.06. The molecule has 0 saturated carbocycles. The fourth-order valence-electron chi connectivity index (χ4n) is 2.49. The van der Waals surface area contributed by atoms with Gasteiger partial charge in [0.1, 0.15) is 5.60 Å². The first kappa shape index (κ1) is 18.6. The number of nitrogens with zero attached hydrogens (tertiary/aromatic N) is 2. The van der Waals surface area contributed by atoms with Gasteiger partial charge in [-0.1, -0.05) is 27.5 Å². The number of hydrogen-bond acceptors (Lipinski definition) is 3. The van der Waals surface area contributed by atoms with Crippen molar-refractivity contribution in [2.45, 2.75) is 32.8 Å². The Morgan fingerprint density at radius 2 is 1.91 bits per heavy atom. The number of rotatable bonds is 3. The van der Waals surface area contributed by atoms with E-state index in [0.717, 1.165) is 41.1 Å². The third-order valence-corrected chi connectivity index (χ3v) is 4.59. The van der Waals surface area contributed by atoms with Gasteiger partial charge >= 0.3 is 6.09 Å². The van der Waals surface area contributed by atoms with Crippen LogP contribution in [-0.2, 0) is 11.2 Å². The molecule has 1 fully saturated rings. The van der Waals surface area contributed by atoms with Gasteiger partial charge in [-0.25, -0.2) is 4.79 Å². The van der Waals surface area contributed by atoms with Crippen molar-refractivity contribution in [2.75, 3.05) is 32.7 Å². The standard InChI is InChI=1S/C17H24BrClN2O2/c1-17(2,3)23-16(22)21-10-8-20(9-11-21)7-6-13-12-14(18)4-5-15(13)19/h4-5,12H,6-11H2,1-3H3. The number of benzene rings is 1. The minimum absolute atomic E-state index is 0.216. The molecule has 0 spiro atoms. The largest absolute Gasteiger partial charge is 0.444 e. The summed E-state index contributed by atoms with van der Waals surface area (Å²) in [5.74, 6) is 0. The van der Waals surface area contributed by atoms with E-state index in [1.807, 2.05) is 32.9 Å². The minimum atomic E-state index is -0.439. The maximum absolute atomic E-state index is 12.0. The molecule has 1 saturated heterocycles. The van der Waals surface area contributed by atoms with Crippen molar-refractivity contribution < 1.29 is 9.53 Å². The van der Waals surface area contributed by atoms with Crippen LogP contribution in [0.2, 0.25) is 5.02 Å². The third kappa shape index (κ3) is 5.98. The predicted octanol–water partition coefficient (Wildman–Crippen LogP) is 4.20. The average Bonchev–Trinajstić information content (AvgIpc) is 2.47. The molecule has 1 aliphatic rings. The Kier molecular flexibility index (Phi) is 6.34. The first-order chi connectivity index (χ1) is 10.7. The molecule has 0 aromatic heterocycles. The summed E-state index contributed by atoms with van der Waals surface area (Å²) in [6.45, 7) is 9.77. The van der Waals surface area contributed by atoms with Crippen molar-refractivity contribution in [3.8, 4) is 0 Å². The molecule has 4 nitrogen and oxygen atoms in total. The van der Waals surface area contributed by atoms with Gasteiger partial charge in [-0.3, -0.25) is 4.90 Å². The van der Waals surface area contributed by atoms with Crippen molar-refractivity contribution >= 4 is 33.6 Å². The summed E-state index contributed by atoms with van der Waals surface area (Å²) >= 11 is 9.71. The van der Waals surface area contributed by atoms with E-state index in [1.165, 1.54) is 0 Å². The zero-order valence-corrected chi connectivity index (χ0v) is 16.3. The van der Waals surface area contributed by atoms with Crippen molar-refractivity contribution in [3.63, 3.8) is 0 Å². The molecule has 1 aliphatic heterocycles. The molecule has 128 valence electrons. The Morgan fingerprint density at radius 3 is 2.52 bits per heavy atom. The Balaban J connectivity index is 1.79. The van der Waals surface area contributed by atoms with Gasteiger partial charge in [0.05, 0.1) is 0 Å². The minimum Gasteiger partial charge on any atom is -0.444 e. The summed E-state index contributed by atoms with van der Waals surface area (Å²) in [6.07, 6.45) is 0.692. The lowest BCUT2D eigenvalue weighted by Gasteiger charge is -2.35. The predicted molar refractivity (Wildman–Crippen MR) is 97.1 cm³/mol. The van der Waals surface area contributed by atoms with E-state index in [2.05, 4.69) is 26.9 Å².